The summed E-state index contributed by atoms with van der Waals surface area (Å²) < 4.78 is 0. The van der Waals surface area contributed by atoms with Crippen molar-refractivity contribution in [1.82, 2.24) is 10.2 Å². The highest BCUT2D eigenvalue weighted by molar-refractivity contribution is 5.73. The van der Waals surface area contributed by atoms with Crippen molar-refractivity contribution in [2.75, 3.05) is 19.6 Å². The van der Waals surface area contributed by atoms with Gasteiger partial charge in [-0.3, -0.25) is 4.79 Å². The van der Waals surface area contributed by atoms with Gasteiger partial charge in [-0.25, -0.2) is 0 Å². The normalized spacial score (nSPS) is 21.2. The first-order valence-electron chi connectivity index (χ1n) is 6.72. The van der Waals surface area contributed by atoms with Gasteiger partial charge in [-0.2, -0.15) is 0 Å². The lowest BCUT2D eigenvalue weighted by molar-refractivity contribution is -0.119. The van der Waals surface area contributed by atoms with Crippen LogP contribution in [0.15, 0.2) is 0 Å². The average molecular weight is 226 g/mol. The monoisotopic (exact) mass is 226 g/mol. The maximum Gasteiger partial charge on any atom is 0.217 e. The predicted molar refractivity (Wildman–Crippen MR) is 67.4 cm³/mol. The van der Waals surface area contributed by atoms with Gasteiger partial charge in [0, 0.05) is 26.1 Å². The Morgan fingerprint density at radius 3 is 2.75 bits per heavy atom. The molecule has 3 heteroatoms. The Morgan fingerprint density at radius 1 is 1.31 bits per heavy atom. The molecule has 1 atom stereocenters. The summed E-state index contributed by atoms with van der Waals surface area (Å²) in [5.41, 5.74) is 0. The van der Waals surface area contributed by atoms with Crippen LogP contribution in [0.3, 0.4) is 0 Å². The third kappa shape index (κ3) is 5.50. The van der Waals surface area contributed by atoms with Gasteiger partial charge < -0.3 is 10.2 Å². The summed E-state index contributed by atoms with van der Waals surface area (Å²) in [5, 5.41) is 3.00. The summed E-state index contributed by atoms with van der Waals surface area (Å²) in [5.74, 6) is 0.106. The van der Waals surface area contributed by atoms with Crippen LogP contribution in [0.2, 0.25) is 0 Å². The number of likely N-dealkylation sites (tertiary alicyclic amines) is 1. The number of amides is 1. The molecule has 1 saturated heterocycles. The molecule has 1 rings (SSSR count). The Hall–Kier alpha value is -0.570. The van der Waals surface area contributed by atoms with E-state index in [0.29, 0.717) is 6.04 Å². The number of hydrogen-bond donors (Lipinski definition) is 1. The Balaban J connectivity index is 2.01. The number of hydrogen-bond acceptors (Lipinski definition) is 2. The fourth-order valence-corrected chi connectivity index (χ4v) is 2.38. The van der Waals surface area contributed by atoms with E-state index in [4.69, 9.17) is 0 Å². The van der Waals surface area contributed by atoms with Crippen LogP contribution in [0.5, 0.6) is 0 Å². The van der Waals surface area contributed by atoms with E-state index in [1.807, 2.05) is 0 Å². The molecule has 1 amide bonds. The molecular formula is C13H26N2O. The molecule has 0 aromatic heterocycles. The molecule has 3 nitrogen and oxygen atoms in total. The van der Waals surface area contributed by atoms with Gasteiger partial charge in [-0.1, -0.05) is 32.6 Å². The van der Waals surface area contributed by atoms with Crippen molar-refractivity contribution < 1.29 is 4.79 Å². The maximum absolute atomic E-state index is 10.9. The molecule has 0 bridgehead atoms. The highest BCUT2D eigenvalue weighted by Gasteiger charge is 2.21. The van der Waals surface area contributed by atoms with Gasteiger partial charge >= 0.3 is 0 Å². The van der Waals surface area contributed by atoms with Crippen LogP contribution in [0.4, 0.5) is 0 Å². The molecule has 94 valence electrons. The van der Waals surface area contributed by atoms with Gasteiger partial charge in [0.2, 0.25) is 5.91 Å². The van der Waals surface area contributed by atoms with Crippen LogP contribution in [-0.2, 0) is 4.79 Å². The van der Waals surface area contributed by atoms with Gasteiger partial charge in [-0.05, 0) is 19.4 Å². The molecular weight excluding hydrogens is 200 g/mol. The maximum atomic E-state index is 10.9. The summed E-state index contributed by atoms with van der Waals surface area (Å²) in [4.78, 5) is 13.4. The number of nitrogens with zero attached hydrogens (tertiary/aromatic N) is 1. The molecule has 1 aliphatic rings. The molecule has 0 aliphatic carbocycles. The van der Waals surface area contributed by atoms with E-state index >= 15 is 0 Å². The zero-order valence-corrected chi connectivity index (χ0v) is 10.8. The third-order valence-electron chi connectivity index (χ3n) is 3.26. The quantitative estimate of drug-likeness (QED) is 0.675. The van der Waals surface area contributed by atoms with E-state index in [2.05, 4.69) is 17.1 Å². The highest BCUT2D eigenvalue weighted by Crippen LogP contribution is 2.11. The number of carbonyl (C=O) groups excluding carboxylic acids is 1. The second kappa shape index (κ2) is 7.66. The van der Waals surface area contributed by atoms with Gasteiger partial charge in [0.15, 0.2) is 0 Å². The summed E-state index contributed by atoms with van der Waals surface area (Å²) >= 11 is 0. The fraction of sp³-hybridized carbons (Fsp3) is 0.923. The van der Waals surface area contributed by atoms with Gasteiger partial charge in [0.1, 0.15) is 0 Å². The summed E-state index contributed by atoms with van der Waals surface area (Å²) in [6.45, 7) is 7.26. The van der Waals surface area contributed by atoms with E-state index < -0.39 is 0 Å². The van der Waals surface area contributed by atoms with Crippen molar-refractivity contribution in [3.05, 3.63) is 0 Å². The molecule has 1 N–H and O–H groups in total. The van der Waals surface area contributed by atoms with Crippen LogP contribution < -0.4 is 5.32 Å². The second-order valence-electron chi connectivity index (χ2n) is 4.90. The van der Waals surface area contributed by atoms with Crippen molar-refractivity contribution in [1.29, 1.82) is 0 Å². The van der Waals surface area contributed by atoms with Gasteiger partial charge in [-0.15, -0.1) is 0 Å². The minimum atomic E-state index is 0.106. The lowest BCUT2D eigenvalue weighted by Gasteiger charge is -2.15. The molecule has 1 unspecified atom stereocenters. The Kier molecular flexibility index (Phi) is 6.46. The summed E-state index contributed by atoms with van der Waals surface area (Å²) in [6, 6.07) is 0.396. The molecule has 0 spiro atoms. The van der Waals surface area contributed by atoms with E-state index in [0.717, 1.165) is 19.5 Å². The molecule has 1 aliphatic heterocycles. The third-order valence-corrected chi connectivity index (χ3v) is 3.26. The van der Waals surface area contributed by atoms with E-state index in [1.165, 1.54) is 38.6 Å². The van der Waals surface area contributed by atoms with Gasteiger partial charge in [0.05, 0.1) is 0 Å². The van der Waals surface area contributed by atoms with Crippen LogP contribution in [0.1, 0.15) is 52.4 Å². The van der Waals surface area contributed by atoms with Crippen molar-refractivity contribution in [3.8, 4) is 0 Å². The minimum Gasteiger partial charge on any atom is -0.352 e. The lowest BCUT2D eigenvalue weighted by atomic mass is 10.1. The summed E-state index contributed by atoms with van der Waals surface area (Å²) in [6.07, 6.45) is 7.85. The second-order valence-corrected chi connectivity index (χ2v) is 4.90. The smallest absolute Gasteiger partial charge is 0.217 e. The number of nitrogens with one attached hydrogen (secondary N) is 1. The lowest BCUT2D eigenvalue weighted by Crippen LogP contribution is -2.35. The molecule has 1 fully saturated rings. The molecule has 0 aromatic rings. The molecule has 1 heterocycles. The fourth-order valence-electron chi connectivity index (χ4n) is 2.38. The van der Waals surface area contributed by atoms with Crippen molar-refractivity contribution in [2.45, 2.75) is 58.4 Å². The Bertz CT molecular complexity index is 206. The van der Waals surface area contributed by atoms with Crippen LogP contribution in [-0.4, -0.2) is 36.5 Å². The SMILES string of the molecule is CCCCCCCN1CCC(NC(C)=O)C1. The highest BCUT2D eigenvalue weighted by atomic mass is 16.1. The predicted octanol–water partition coefficient (Wildman–Crippen LogP) is 2.17. The Labute approximate surface area is 99.6 Å². The molecule has 0 saturated carbocycles. The first-order valence-corrected chi connectivity index (χ1v) is 6.72. The Morgan fingerprint density at radius 2 is 2.06 bits per heavy atom. The van der Waals surface area contributed by atoms with Crippen LogP contribution in [0.25, 0.3) is 0 Å². The molecule has 0 radical (unpaired) electrons. The average Bonchev–Trinajstić information content (AvgIpc) is 2.64. The number of carbonyl (C=O) groups is 1. The standard InChI is InChI=1S/C13H26N2O/c1-3-4-5-6-7-9-15-10-8-13(11-15)14-12(2)16/h13H,3-11H2,1-2H3,(H,14,16). The minimum absolute atomic E-state index is 0.106. The summed E-state index contributed by atoms with van der Waals surface area (Å²) in [7, 11) is 0. The van der Waals surface area contributed by atoms with Crippen LogP contribution >= 0.6 is 0 Å². The van der Waals surface area contributed by atoms with E-state index in [-0.39, 0.29) is 5.91 Å². The zero-order chi connectivity index (χ0) is 11.8. The van der Waals surface area contributed by atoms with Crippen molar-refractivity contribution in [3.63, 3.8) is 0 Å². The first-order chi connectivity index (χ1) is 7.72. The number of unbranched alkanes of at least 4 members (excludes halogenated alkanes) is 4. The van der Waals surface area contributed by atoms with Crippen molar-refractivity contribution >= 4 is 5.91 Å². The molecule has 16 heavy (non-hydrogen) atoms. The largest absolute Gasteiger partial charge is 0.352 e. The van der Waals surface area contributed by atoms with Crippen LogP contribution in [0, 0.1) is 0 Å². The zero-order valence-electron chi connectivity index (χ0n) is 10.8. The molecule has 0 aromatic carbocycles. The van der Waals surface area contributed by atoms with E-state index in [1.54, 1.807) is 6.92 Å². The topological polar surface area (TPSA) is 32.3 Å². The van der Waals surface area contributed by atoms with E-state index in [9.17, 15) is 4.79 Å². The van der Waals surface area contributed by atoms with Gasteiger partial charge in [0.25, 0.3) is 0 Å². The number of rotatable bonds is 7. The first kappa shape index (κ1) is 13.5. The van der Waals surface area contributed by atoms with Crippen molar-refractivity contribution in [2.24, 2.45) is 0 Å².